The van der Waals surface area contributed by atoms with Gasteiger partial charge in [-0.2, -0.15) is 0 Å². The summed E-state index contributed by atoms with van der Waals surface area (Å²) in [4.78, 5) is 11.6. The van der Waals surface area contributed by atoms with E-state index in [1.165, 1.54) is 38.1 Å². The maximum Gasteiger partial charge on any atom is 0.148 e. The van der Waals surface area contributed by atoms with E-state index in [2.05, 4.69) is 47.6 Å². The van der Waals surface area contributed by atoms with Gasteiger partial charge >= 0.3 is 0 Å². The maximum atomic E-state index is 13.3. The smallest absolute Gasteiger partial charge is 0.148 e. The average molecular weight is 437 g/mol. The summed E-state index contributed by atoms with van der Waals surface area (Å²) >= 11 is 0. The molecule has 0 bridgehead atoms. The van der Waals surface area contributed by atoms with Gasteiger partial charge in [0.05, 0.1) is 18.2 Å². The topological polar surface area (TPSA) is 43.2 Å². The molecule has 170 valence electrons. The Bertz CT molecular complexity index is 1010. The van der Waals surface area contributed by atoms with E-state index in [-0.39, 0.29) is 11.7 Å². The number of imidazole rings is 1. The maximum absolute atomic E-state index is 13.3. The molecule has 1 unspecified atom stereocenters. The molecule has 1 fully saturated rings. The minimum Gasteiger partial charge on any atom is -0.455 e. The molecule has 1 aromatic carbocycles. The van der Waals surface area contributed by atoms with E-state index >= 15 is 0 Å². The Morgan fingerprint density at radius 1 is 1.16 bits per heavy atom. The van der Waals surface area contributed by atoms with Crippen LogP contribution in [0, 0.1) is 11.7 Å². The van der Waals surface area contributed by atoms with Crippen molar-refractivity contribution in [3.05, 3.63) is 71.8 Å². The van der Waals surface area contributed by atoms with Crippen LogP contribution in [0.15, 0.2) is 49.1 Å². The van der Waals surface area contributed by atoms with Gasteiger partial charge in [0.2, 0.25) is 0 Å². The van der Waals surface area contributed by atoms with Crippen LogP contribution < -0.4 is 4.74 Å². The van der Waals surface area contributed by atoms with Crippen LogP contribution in [0.5, 0.6) is 11.5 Å². The third kappa shape index (κ3) is 5.74. The second kappa shape index (κ2) is 10.3. The fraction of sp³-hybridized carbons (Fsp3) is 0.462. The number of hydrogen-bond donors (Lipinski definition) is 0. The number of likely N-dealkylation sites (tertiary alicyclic amines) is 1. The van der Waals surface area contributed by atoms with Crippen molar-refractivity contribution in [2.45, 2.75) is 52.0 Å². The average Bonchev–Trinajstić information content (AvgIpc) is 3.26. The highest BCUT2D eigenvalue weighted by Crippen LogP contribution is 2.30. The summed E-state index contributed by atoms with van der Waals surface area (Å²) in [5.74, 6) is 2.02. The molecule has 1 atom stereocenters. The van der Waals surface area contributed by atoms with Gasteiger partial charge < -0.3 is 14.2 Å². The van der Waals surface area contributed by atoms with E-state index in [0.29, 0.717) is 11.5 Å². The van der Waals surface area contributed by atoms with Crippen molar-refractivity contribution in [1.82, 2.24) is 19.4 Å². The van der Waals surface area contributed by atoms with Crippen molar-refractivity contribution in [2.24, 2.45) is 5.92 Å². The Morgan fingerprint density at radius 3 is 2.62 bits per heavy atom. The summed E-state index contributed by atoms with van der Waals surface area (Å²) in [6.45, 7) is 7.71. The zero-order chi connectivity index (χ0) is 22.5. The van der Waals surface area contributed by atoms with Crippen LogP contribution in [0.1, 0.15) is 49.6 Å². The van der Waals surface area contributed by atoms with E-state index in [1.54, 1.807) is 18.3 Å². The van der Waals surface area contributed by atoms with E-state index in [0.717, 1.165) is 42.3 Å². The SMILES string of the molecule is CCc1cc(CC(C)c2cn(CC3CCN(C)CC3)cn2)c(Oc2ccc(F)cc2)cn1. The standard InChI is InChI=1S/C26H33FN4O/c1-4-23-14-21(26(15-28-23)32-24-7-5-22(27)6-8-24)13-19(2)25-17-31(18-29-25)16-20-9-11-30(3)12-10-20/h5-8,14-15,17-20H,4,9-13,16H2,1-3H3. The molecule has 0 aliphatic carbocycles. The number of aromatic nitrogens is 3. The summed E-state index contributed by atoms with van der Waals surface area (Å²) in [6, 6.07) is 8.21. The first-order valence-corrected chi connectivity index (χ1v) is 11.6. The van der Waals surface area contributed by atoms with Gasteiger partial charge in [0.15, 0.2) is 0 Å². The lowest BCUT2D eigenvalue weighted by Gasteiger charge is -2.28. The molecule has 1 saturated heterocycles. The van der Waals surface area contributed by atoms with Crippen LogP contribution in [0.4, 0.5) is 4.39 Å². The predicted octanol–water partition coefficient (Wildman–Crippen LogP) is 5.46. The van der Waals surface area contributed by atoms with Gasteiger partial charge in [-0.05, 0) is 87.6 Å². The molecule has 1 aliphatic heterocycles. The van der Waals surface area contributed by atoms with Gasteiger partial charge in [-0.25, -0.2) is 9.37 Å². The van der Waals surface area contributed by atoms with Crippen LogP contribution >= 0.6 is 0 Å². The van der Waals surface area contributed by atoms with Crippen molar-refractivity contribution in [2.75, 3.05) is 20.1 Å². The summed E-state index contributed by atoms with van der Waals surface area (Å²) in [5, 5.41) is 0. The number of nitrogens with zero attached hydrogens (tertiary/aromatic N) is 4. The lowest BCUT2D eigenvalue weighted by atomic mass is 9.96. The quantitative estimate of drug-likeness (QED) is 0.470. The Morgan fingerprint density at radius 2 is 1.91 bits per heavy atom. The molecule has 6 heteroatoms. The van der Waals surface area contributed by atoms with Gasteiger partial charge in [0.25, 0.3) is 0 Å². The first-order valence-electron chi connectivity index (χ1n) is 11.6. The molecule has 0 amide bonds. The molecule has 3 heterocycles. The van der Waals surface area contributed by atoms with E-state index in [4.69, 9.17) is 9.72 Å². The molecule has 0 N–H and O–H groups in total. The third-order valence-electron chi connectivity index (χ3n) is 6.40. The molecular weight excluding hydrogens is 403 g/mol. The lowest BCUT2D eigenvalue weighted by Crippen LogP contribution is -2.31. The normalized spacial score (nSPS) is 16.2. The zero-order valence-corrected chi connectivity index (χ0v) is 19.3. The molecule has 1 aliphatic rings. The molecule has 5 nitrogen and oxygen atoms in total. The van der Waals surface area contributed by atoms with Crippen LogP contribution in [-0.4, -0.2) is 39.6 Å². The van der Waals surface area contributed by atoms with E-state index in [9.17, 15) is 4.39 Å². The molecule has 4 rings (SSSR count). The fourth-order valence-corrected chi connectivity index (χ4v) is 4.32. The second-order valence-corrected chi connectivity index (χ2v) is 9.04. The minimum atomic E-state index is -0.276. The Kier molecular flexibility index (Phi) is 7.20. The molecule has 32 heavy (non-hydrogen) atoms. The predicted molar refractivity (Wildman–Crippen MR) is 125 cm³/mol. The molecule has 0 radical (unpaired) electrons. The third-order valence-corrected chi connectivity index (χ3v) is 6.40. The van der Waals surface area contributed by atoms with Crippen molar-refractivity contribution in [3.8, 4) is 11.5 Å². The van der Waals surface area contributed by atoms with Crippen LogP contribution in [-0.2, 0) is 19.4 Å². The van der Waals surface area contributed by atoms with Crippen molar-refractivity contribution in [3.63, 3.8) is 0 Å². The number of halogens is 1. The van der Waals surface area contributed by atoms with Gasteiger partial charge in [-0.3, -0.25) is 4.98 Å². The summed E-state index contributed by atoms with van der Waals surface area (Å²) < 4.78 is 21.6. The number of benzene rings is 1. The van der Waals surface area contributed by atoms with Gasteiger partial charge in [-0.15, -0.1) is 0 Å². The number of aryl methyl sites for hydroxylation is 1. The van der Waals surface area contributed by atoms with Crippen molar-refractivity contribution < 1.29 is 9.13 Å². The van der Waals surface area contributed by atoms with Gasteiger partial charge in [0.1, 0.15) is 17.3 Å². The highest BCUT2D eigenvalue weighted by atomic mass is 19.1. The molecule has 3 aromatic rings. The van der Waals surface area contributed by atoms with Crippen LogP contribution in [0.2, 0.25) is 0 Å². The highest BCUT2D eigenvalue weighted by Gasteiger charge is 2.19. The molecular formula is C26H33FN4O. The first-order chi connectivity index (χ1) is 15.5. The van der Waals surface area contributed by atoms with Crippen molar-refractivity contribution in [1.29, 1.82) is 0 Å². The molecule has 2 aromatic heterocycles. The number of piperidine rings is 1. The van der Waals surface area contributed by atoms with Crippen LogP contribution in [0.3, 0.4) is 0 Å². The second-order valence-electron chi connectivity index (χ2n) is 9.04. The van der Waals surface area contributed by atoms with Gasteiger partial charge in [-0.1, -0.05) is 13.8 Å². The summed E-state index contributed by atoms with van der Waals surface area (Å²) in [6.07, 6.45) is 10.1. The van der Waals surface area contributed by atoms with Crippen molar-refractivity contribution >= 4 is 0 Å². The zero-order valence-electron chi connectivity index (χ0n) is 19.3. The number of hydrogen-bond acceptors (Lipinski definition) is 4. The highest BCUT2D eigenvalue weighted by molar-refractivity contribution is 5.38. The minimum absolute atomic E-state index is 0.247. The molecule has 0 saturated carbocycles. The fourth-order valence-electron chi connectivity index (χ4n) is 4.32. The Labute approximate surface area is 190 Å². The monoisotopic (exact) mass is 436 g/mol. The summed E-state index contributed by atoms with van der Waals surface area (Å²) in [7, 11) is 2.20. The Hall–Kier alpha value is -2.73. The first kappa shape index (κ1) is 22.5. The number of pyridine rings is 1. The number of ether oxygens (including phenoxy) is 1. The Balaban J connectivity index is 1.45. The number of rotatable bonds is 8. The van der Waals surface area contributed by atoms with E-state index < -0.39 is 0 Å². The van der Waals surface area contributed by atoms with E-state index in [1.807, 2.05) is 6.33 Å². The van der Waals surface area contributed by atoms with Crippen LogP contribution in [0.25, 0.3) is 0 Å². The van der Waals surface area contributed by atoms with Gasteiger partial charge in [0, 0.05) is 24.4 Å². The molecule has 0 spiro atoms. The summed E-state index contributed by atoms with van der Waals surface area (Å²) in [5.41, 5.74) is 3.23. The lowest BCUT2D eigenvalue weighted by molar-refractivity contribution is 0.205. The largest absolute Gasteiger partial charge is 0.455 e.